The highest BCUT2D eigenvalue weighted by molar-refractivity contribution is 5.92. The Morgan fingerprint density at radius 1 is 1.15 bits per heavy atom. The molecule has 1 heterocycles. The number of benzene rings is 1. The maximum atomic E-state index is 12.1. The molecule has 1 aromatic rings. The van der Waals surface area contributed by atoms with Crippen LogP contribution < -0.4 is 15.1 Å². The highest BCUT2D eigenvalue weighted by Crippen LogP contribution is 2.25. The van der Waals surface area contributed by atoms with Gasteiger partial charge in [-0.2, -0.15) is 0 Å². The lowest BCUT2D eigenvalue weighted by molar-refractivity contribution is -0.121. The molecule has 5 heteroatoms. The average molecular weight is 374 g/mol. The zero-order valence-corrected chi connectivity index (χ0v) is 17.2. The van der Waals surface area contributed by atoms with Gasteiger partial charge in [-0.1, -0.05) is 26.7 Å². The molecule has 2 amide bonds. The minimum atomic E-state index is -0.0340. The summed E-state index contributed by atoms with van der Waals surface area (Å²) in [6.45, 7) is 9.32. The highest BCUT2D eigenvalue weighted by Gasteiger charge is 2.17. The highest BCUT2D eigenvalue weighted by atomic mass is 16.2. The number of hydrogen-bond acceptors (Lipinski definition) is 3. The lowest BCUT2D eigenvalue weighted by Gasteiger charge is -2.32. The molecule has 0 unspecified atom stereocenters. The van der Waals surface area contributed by atoms with E-state index in [-0.39, 0.29) is 11.8 Å². The molecular weight excluding hydrogens is 338 g/mol. The zero-order valence-electron chi connectivity index (χ0n) is 17.2. The molecule has 150 valence electrons. The van der Waals surface area contributed by atoms with Crippen LogP contribution in [-0.2, 0) is 9.59 Å². The molecule has 0 aromatic heterocycles. The summed E-state index contributed by atoms with van der Waals surface area (Å²) in [5.41, 5.74) is 2.07. The number of unbranched alkanes of at least 4 members (excludes halogenated alkanes) is 2. The molecule has 1 aliphatic rings. The summed E-state index contributed by atoms with van der Waals surface area (Å²) < 4.78 is 0. The van der Waals surface area contributed by atoms with E-state index in [1.54, 1.807) is 11.8 Å². The standard InChI is InChI=1S/C22H35N3O2/c1-4-5-6-14-23-22(27)13-17-25(19(3)26)21-9-7-20(8-10-21)24-15-11-18(2)12-16-24/h7-10,18H,4-6,11-17H2,1-3H3,(H,23,27). The van der Waals surface area contributed by atoms with Crippen molar-refractivity contribution in [3.63, 3.8) is 0 Å². The molecule has 5 nitrogen and oxygen atoms in total. The van der Waals surface area contributed by atoms with Crippen LogP contribution in [0, 0.1) is 5.92 Å². The van der Waals surface area contributed by atoms with Crippen LogP contribution in [0.25, 0.3) is 0 Å². The Hall–Kier alpha value is -2.04. The van der Waals surface area contributed by atoms with Gasteiger partial charge in [-0.3, -0.25) is 9.59 Å². The van der Waals surface area contributed by atoms with Crippen molar-refractivity contribution < 1.29 is 9.59 Å². The summed E-state index contributed by atoms with van der Waals surface area (Å²) >= 11 is 0. The second kappa shape index (κ2) is 11.0. The van der Waals surface area contributed by atoms with E-state index in [0.717, 1.165) is 50.5 Å². The third-order valence-corrected chi connectivity index (χ3v) is 5.36. The first-order valence-electron chi connectivity index (χ1n) is 10.4. The predicted molar refractivity (Wildman–Crippen MR) is 112 cm³/mol. The first-order valence-corrected chi connectivity index (χ1v) is 10.4. The van der Waals surface area contributed by atoms with Crippen LogP contribution in [-0.4, -0.2) is 38.0 Å². The van der Waals surface area contributed by atoms with Crippen LogP contribution in [0.5, 0.6) is 0 Å². The van der Waals surface area contributed by atoms with Gasteiger partial charge >= 0.3 is 0 Å². The van der Waals surface area contributed by atoms with Crippen LogP contribution in [0.15, 0.2) is 24.3 Å². The van der Waals surface area contributed by atoms with Gasteiger partial charge in [0.05, 0.1) is 0 Å². The summed E-state index contributed by atoms with van der Waals surface area (Å²) in [4.78, 5) is 28.2. The van der Waals surface area contributed by atoms with Crippen LogP contribution in [0.3, 0.4) is 0 Å². The summed E-state index contributed by atoms with van der Waals surface area (Å²) in [5.74, 6) is 0.784. The number of anilines is 2. The Kier molecular flexibility index (Phi) is 8.62. The molecule has 2 rings (SSSR count). The van der Waals surface area contributed by atoms with Crippen molar-refractivity contribution in [2.75, 3.05) is 36.0 Å². The van der Waals surface area contributed by atoms with Crippen LogP contribution in [0.4, 0.5) is 11.4 Å². The zero-order chi connectivity index (χ0) is 19.6. The van der Waals surface area contributed by atoms with E-state index in [1.165, 1.54) is 18.5 Å². The minimum Gasteiger partial charge on any atom is -0.372 e. The number of rotatable bonds is 9. The van der Waals surface area contributed by atoms with E-state index in [0.29, 0.717) is 13.0 Å². The lowest BCUT2D eigenvalue weighted by Crippen LogP contribution is -2.34. The van der Waals surface area contributed by atoms with Crippen molar-refractivity contribution in [2.45, 2.75) is 59.3 Å². The normalized spacial score (nSPS) is 14.9. The summed E-state index contributed by atoms with van der Waals surface area (Å²) in [6.07, 6.45) is 6.07. The summed E-state index contributed by atoms with van der Waals surface area (Å²) in [6, 6.07) is 8.17. The molecule has 0 bridgehead atoms. The van der Waals surface area contributed by atoms with Crippen molar-refractivity contribution in [2.24, 2.45) is 5.92 Å². The first-order chi connectivity index (χ1) is 13.0. The summed E-state index contributed by atoms with van der Waals surface area (Å²) in [5, 5.41) is 2.94. The van der Waals surface area contributed by atoms with Crippen molar-refractivity contribution in [3.8, 4) is 0 Å². The topological polar surface area (TPSA) is 52.7 Å². The van der Waals surface area contributed by atoms with Crippen molar-refractivity contribution >= 4 is 23.2 Å². The Balaban J connectivity index is 1.88. The predicted octanol–water partition coefficient (Wildman–Crippen LogP) is 3.97. The molecule has 1 N–H and O–H groups in total. The number of carbonyl (C=O) groups excluding carboxylic acids is 2. The molecule has 0 spiro atoms. The molecule has 27 heavy (non-hydrogen) atoms. The van der Waals surface area contributed by atoms with E-state index in [9.17, 15) is 9.59 Å². The molecule has 0 aliphatic carbocycles. The fourth-order valence-electron chi connectivity index (χ4n) is 3.48. The molecular formula is C22H35N3O2. The van der Waals surface area contributed by atoms with Gasteiger partial charge in [-0.15, -0.1) is 0 Å². The fraction of sp³-hybridized carbons (Fsp3) is 0.636. The number of nitrogens with zero attached hydrogens (tertiary/aromatic N) is 2. The van der Waals surface area contributed by atoms with Gasteiger partial charge in [-0.05, 0) is 49.4 Å². The molecule has 0 atom stereocenters. The van der Waals surface area contributed by atoms with Crippen molar-refractivity contribution in [1.29, 1.82) is 0 Å². The second-order valence-corrected chi connectivity index (χ2v) is 7.66. The third-order valence-electron chi connectivity index (χ3n) is 5.36. The Labute approximate surface area is 164 Å². The van der Waals surface area contributed by atoms with Gasteiger partial charge in [0, 0.05) is 50.9 Å². The van der Waals surface area contributed by atoms with Gasteiger partial charge in [0.2, 0.25) is 11.8 Å². The number of carbonyl (C=O) groups is 2. The number of nitrogens with one attached hydrogen (secondary N) is 1. The largest absolute Gasteiger partial charge is 0.372 e. The van der Waals surface area contributed by atoms with E-state index < -0.39 is 0 Å². The number of hydrogen-bond donors (Lipinski definition) is 1. The van der Waals surface area contributed by atoms with Gasteiger partial charge in [-0.25, -0.2) is 0 Å². The number of piperidine rings is 1. The second-order valence-electron chi connectivity index (χ2n) is 7.66. The maximum Gasteiger partial charge on any atom is 0.223 e. The molecule has 0 radical (unpaired) electrons. The van der Waals surface area contributed by atoms with Crippen molar-refractivity contribution in [3.05, 3.63) is 24.3 Å². The van der Waals surface area contributed by atoms with Gasteiger partial charge < -0.3 is 15.1 Å². The molecule has 1 saturated heterocycles. The van der Waals surface area contributed by atoms with Gasteiger partial charge in [0.1, 0.15) is 0 Å². The van der Waals surface area contributed by atoms with E-state index in [1.807, 2.05) is 12.1 Å². The van der Waals surface area contributed by atoms with Crippen molar-refractivity contribution in [1.82, 2.24) is 5.32 Å². The average Bonchev–Trinajstić information content (AvgIpc) is 2.66. The van der Waals surface area contributed by atoms with Crippen LogP contribution in [0.2, 0.25) is 0 Å². The van der Waals surface area contributed by atoms with E-state index >= 15 is 0 Å². The Morgan fingerprint density at radius 3 is 2.41 bits per heavy atom. The Bertz CT molecular complexity index is 592. The smallest absolute Gasteiger partial charge is 0.223 e. The molecule has 1 aliphatic heterocycles. The van der Waals surface area contributed by atoms with Crippen LogP contribution >= 0.6 is 0 Å². The van der Waals surface area contributed by atoms with Gasteiger partial charge in [0.25, 0.3) is 0 Å². The molecule has 0 saturated carbocycles. The minimum absolute atomic E-state index is 0.0106. The fourth-order valence-corrected chi connectivity index (χ4v) is 3.48. The SMILES string of the molecule is CCCCCNC(=O)CCN(C(C)=O)c1ccc(N2CCC(C)CC2)cc1. The summed E-state index contributed by atoms with van der Waals surface area (Å²) in [7, 11) is 0. The monoisotopic (exact) mass is 373 g/mol. The van der Waals surface area contributed by atoms with E-state index in [2.05, 4.69) is 36.2 Å². The molecule has 1 fully saturated rings. The maximum absolute atomic E-state index is 12.1. The van der Waals surface area contributed by atoms with Crippen LogP contribution in [0.1, 0.15) is 59.3 Å². The number of amides is 2. The first kappa shape index (κ1) is 21.3. The lowest BCUT2D eigenvalue weighted by atomic mass is 9.99. The Morgan fingerprint density at radius 2 is 1.81 bits per heavy atom. The quantitative estimate of drug-likeness (QED) is 0.666. The van der Waals surface area contributed by atoms with Gasteiger partial charge in [0.15, 0.2) is 0 Å². The molecule has 1 aromatic carbocycles. The third kappa shape index (κ3) is 6.89. The van der Waals surface area contributed by atoms with E-state index in [4.69, 9.17) is 0 Å².